The van der Waals surface area contributed by atoms with Gasteiger partial charge in [-0.05, 0) is 35.0 Å². The lowest BCUT2D eigenvalue weighted by Crippen LogP contribution is -2.17. The van der Waals surface area contributed by atoms with Gasteiger partial charge in [-0.15, -0.1) is 5.10 Å². The number of nitrogens with zero attached hydrogens (tertiary/aromatic N) is 3. The molecule has 1 atom stereocenters. The van der Waals surface area contributed by atoms with Gasteiger partial charge < -0.3 is 5.73 Å². The average Bonchev–Trinajstić information content (AvgIpc) is 2.66. The molecule has 0 fully saturated rings. The molecule has 0 radical (unpaired) electrons. The second kappa shape index (κ2) is 4.76. The van der Waals surface area contributed by atoms with Gasteiger partial charge in [-0.1, -0.05) is 17.3 Å². The van der Waals surface area contributed by atoms with Crippen LogP contribution in [0.25, 0.3) is 5.69 Å². The lowest BCUT2D eigenvalue weighted by atomic mass is 10.2. The van der Waals surface area contributed by atoms with E-state index in [9.17, 15) is 0 Å². The molecule has 16 heavy (non-hydrogen) atoms. The number of hydrogen-bond acceptors (Lipinski definition) is 3. The fraction of sp³-hybridized carbons (Fsp3) is 0.273. The van der Waals surface area contributed by atoms with Crippen LogP contribution in [0.1, 0.15) is 12.6 Å². The van der Waals surface area contributed by atoms with Crippen molar-refractivity contribution in [3.8, 4) is 5.69 Å². The summed E-state index contributed by atoms with van der Waals surface area (Å²) in [5.41, 5.74) is 7.60. The van der Waals surface area contributed by atoms with Gasteiger partial charge in [0.25, 0.3) is 0 Å². The van der Waals surface area contributed by atoms with E-state index in [-0.39, 0.29) is 6.04 Å². The van der Waals surface area contributed by atoms with E-state index in [4.69, 9.17) is 5.73 Å². The van der Waals surface area contributed by atoms with Crippen LogP contribution in [0.3, 0.4) is 0 Å². The molecule has 4 nitrogen and oxygen atoms in total. The van der Waals surface area contributed by atoms with Gasteiger partial charge in [0.2, 0.25) is 0 Å². The van der Waals surface area contributed by atoms with Crippen molar-refractivity contribution in [2.75, 3.05) is 0 Å². The molecule has 1 aromatic heterocycles. The minimum absolute atomic E-state index is 0.101. The van der Waals surface area contributed by atoms with E-state index in [1.807, 2.05) is 37.4 Å². The lowest BCUT2D eigenvalue weighted by molar-refractivity contribution is 0.716. The fourth-order valence-electron chi connectivity index (χ4n) is 1.48. The third kappa shape index (κ3) is 2.48. The van der Waals surface area contributed by atoms with Crippen LogP contribution in [0.15, 0.2) is 34.9 Å². The standard InChI is InChI=1S/C11H13BrN4/c1-8(13)6-9-7-16(15-14-9)11-5-3-2-4-10(11)12/h2-5,7-8H,6,13H2,1H3. The molecular weight excluding hydrogens is 268 g/mol. The molecule has 1 unspecified atom stereocenters. The van der Waals surface area contributed by atoms with Crippen LogP contribution in [-0.2, 0) is 6.42 Å². The van der Waals surface area contributed by atoms with Crippen molar-refractivity contribution in [2.24, 2.45) is 5.73 Å². The second-order valence-corrected chi connectivity index (χ2v) is 4.64. The van der Waals surface area contributed by atoms with E-state index in [0.717, 1.165) is 22.3 Å². The molecule has 0 aliphatic heterocycles. The summed E-state index contributed by atoms with van der Waals surface area (Å²) in [6.45, 7) is 1.96. The van der Waals surface area contributed by atoms with Crippen molar-refractivity contribution in [3.63, 3.8) is 0 Å². The molecule has 2 rings (SSSR count). The summed E-state index contributed by atoms with van der Waals surface area (Å²) < 4.78 is 2.74. The van der Waals surface area contributed by atoms with Crippen molar-refractivity contribution < 1.29 is 0 Å². The molecule has 5 heteroatoms. The lowest BCUT2D eigenvalue weighted by Gasteiger charge is -2.02. The summed E-state index contributed by atoms with van der Waals surface area (Å²) in [5.74, 6) is 0. The zero-order valence-corrected chi connectivity index (χ0v) is 10.6. The van der Waals surface area contributed by atoms with Crippen LogP contribution >= 0.6 is 15.9 Å². The zero-order valence-electron chi connectivity index (χ0n) is 8.97. The number of hydrogen-bond donors (Lipinski definition) is 1. The van der Waals surface area contributed by atoms with Crippen molar-refractivity contribution in [1.82, 2.24) is 15.0 Å². The van der Waals surface area contributed by atoms with Crippen LogP contribution in [-0.4, -0.2) is 21.0 Å². The highest BCUT2D eigenvalue weighted by atomic mass is 79.9. The SMILES string of the molecule is CC(N)Cc1cn(-c2ccccc2Br)nn1. The minimum atomic E-state index is 0.101. The first-order valence-electron chi connectivity index (χ1n) is 5.08. The second-order valence-electron chi connectivity index (χ2n) is 3.79. The summed E-state index contributed by atoms with van der Waals surface area (Å²) >= 11 is 3.48. The van der Waals surface area contributed by atoms with E-state index < -0.39 is 0 Å². The van der Waals surface area contributed by atoms with Crippen molar-refractivity contribution >= 4 is 15.9 Å². The highest BCUT2D eigenvalue weighted by Crippen LogP contribution is 2.19. The molecule has 1 aromatic carbocycles. The van der Waals surface area contributed by atoms with Crippen LogP contribution < -0.4 is 5.73 Å². The molecule has 0 aliphatic rings. The normalized spacial score (nSPS) is 12.7. The summed E-state index contributed by atoms with van der Waals surface area (Å²) in [7, 11) is 0. The Morgan fingerprint density at radius 3 is 2.88 bits per heavy atom. The smallest absolute Gasteiger partial charge is 0.0847 e. The summed E-state index contributed by atoms with van der Waals surface area (Å²) in [5, 5.41) is 8.17. The summed E-state index contributed by atoms with van der Waals surface area (Å²) in [6.07, 6.45) is 2.65. The summed E-state index contributed by atoms with van der Waals surface area (Å²) in [4.78, 5) is 0. The Labute approximate surface area is 103 Å². The zero-order chi connectivity index (χ0) is 11.5. The predicted molar refractivity (Wildman–Crippen MR) is 66.4 cm³/mol. The van der Waals surface area contributed by atoms with Crippen molar-refractivity contribution in [2.45, 2.75) is 19.4 Å². The number of rotatable bonds is 3. The van der Waals surface area contributed by atoms with Gasteiger partial charge in [0, 0.05) is 16.9 Å². The molecular formula is C11H13BrN4. The Bertz CT molecular complexity index is 478. The van der Waals surface area contributed by atoms with E-state index in [2.05, 4.69) is 26.2 Å². The Balaban J connectivity index is 2.28. The Morgan fingerprint density at radius 1 is 1.44 bits per heavy atom. The molecule has 0 amide bonds. The van der Waals surface area contributed by atoms with Crippen LogP contribution in [0.2, 0.25) is 0 Å². The first-order valence-corrected chi connectivity index (χ1v) is 5.88. The largest absolute Gasteiger partial charge is 0.328 e. The van der Waals surface area contributed by atoms with Crippen LogP contribution in [0, 0.1) is 0 Å². The number of nitrogens with two attached hydrogens (primary N) is 1. The maximum Gasteiger partial charge on any atom is 0.0847 e. The Hall–Kier alpha value is -1.20. The number of halogens is 1. The quantitative estimate of drug-likeness (QED) is 0.935. The van der Waals surface area contributed by atoms with Gasteiger partial charge in [-0.2, -0.15) is 0 Å². The van der Waals surface area contributed by atoms with Gasteiger partial charge in [-0.25, -0.2) is 4.68 Å². The first kappa shape index (κ1) is 11.3. The molecule has 0 saturated heterocycles. The van der Waals surface area contributed by atoms with E-state index in [0.29, 0.717) is 0 Å². The van der Waals surface area contributed by atoms with Gasteiger partial charge in [0.1, 0.15) is 0 Å². The molecule has 0 spiro atoms. The van der Waals surface area contributed by atoms with Crippen LogP contribution in [0.5, 0.6) is 0 Å². The fourth-order valence-corrected chi connectivity index (χ4v) is 1.94. The highest BCUT2D eigenvalue weighted by Gasteiger charge is 2.06. The molecule has 0 saturated carbocycles. The van der Waals surface area contributed by atoms with Gasteiger partial charge in [0.05, 0.1) is 17.6 Å². The van der Waals surface area contributed by atoms with E-state index >= 15 is 0 Å². The molecule has 1 heterocycles. The van der Waals surface area contributed by atoms with Gasteiger partial charge >= 0.3 is 0 Å². The average molecular weight is 281 g/mol. The molecule has 0 aliphatic carbocycles. The van der Waals surface area contributed by atoms with Crippen LogP contribution in [0.4, 0.5) is 0 Å². The Kier molecular flexibility index (Phi) is 3.36. The third-order valence-corrected chi connectivity index (χ3v) is 2.84. The maximum absolute atomic E-state index is 5.72. The molecule has 2 aromatic rings. The number of aromatic nitrogens is 3. The number of benzene rings is 1. The van der Waals surface area contributed by atoms with E-state index in [1.54, 1.807) is 4.68 Å². The molecule has 2 N–H and O–H groups in total. The Morgan fingerprint density at radius 2 is 2.19 bits per heavy atom. The van der Waals surface area contributed by atoms with E-state index in [1.165, 1.54) is 0 Å². The number of para-hydroxylation sites is 1. The maximum atomic E-state index is 5.72. The highest BCUT2D eigenvalue weighted by molar-refractivity contribution is 9.10. The molecule has 84 valence electrons. The van der Waals surface area contributed by atoms with Crippen molar-refractivity contribution in [1.29, 1.82) is 0 Å². The topological polar surface area (TPSA) is 56.7 Å². The minimum Gasteiger partial charge on any atom is -0.328 e. The van der Waals surface area contributed by atoms with Gasteiger partial charge in [0.15, 0.2) is 0 Å². The van der Waals surface area contributed by atoms with Crippen molar-refractivity contribution in [3.05, 3.63) is 40.6 Å². The first-order chi connectivity index (χ1) is 7.66. The van der Waals surface area contributed by atoms with Gasteiger partial charge in [-0.3, -0.25) is 0 Å². The monoisotopic (exact) mass is 280 g/mol. The molecule has 0 bridgehead atoms. The predicted octanol–water partition coefficient (Wildman–Crippen LogP) is 1.92. The third-order valence-electron chi connectivity index (χ3n) is 2.17. The summed E-state index contributed by atoms with van der Waals surface area (Å²) in [6, 6.07) is 7.99.